The third-order valence-electron chi connectivity index (χ3n) is 6.51. The smallest absolute Gasteiger partial charge is 0.409 e. The van der Waals surface area contributed by atoms with Crippen LogP contribution in [0.5, 0.6) is 5.75 Å². The standard InChI is InChI=1S/C30H36N4O3/c1-21(9-14-26-23(3)27(15-16-30(26,4)5)34-18-17-32-20-34)7-6-8-22(2)19-28(35)33-24-10-12-25(13-11-24)37-29(31)36/h6-14,17-20,27H,15-16H2,1-5H3,(H2,31,36)(H,33,35). The van der Waals surface area contributed by atoms with Gasteiger partial charge in [0, 0.05) is 24.2 Å². The highest BCUT2D eigenvalue weighted by Gasteiger charge is 2.32. The van der Waals surface area contributed by atoms with Crippen LogP contribution in [0.1, 0.15) is 53.5 Å². The molecule has 37 heavy (non-hydrogen) atoms. The number of carbonyl (C=O) groups is 2. The lowest BCUT2D eigenvalue weighted by atomic mass is 9.71. The van der Waals surface area contributed by atoms with Gasteiger partial charge in [-0.15, -0.1) is 0 Å². The second-order valence-corrected chi connectivity index (χ2v) is 9.97. The Balaban J connectivity index is 1.61. The summed E-state index contributed by atoms with van der Waals surface area (Å²) in [5, 5.41) is 2.78. The van der Waals surface area contributed by atoms with Crippen LogP contribution >= 0.6 is 0 Å². The zero-order chi connectivity index (χ0) is 27.0. The number of imidazole rings is 1. The fraction of sp³-hybridized carbons (Fsp3) is 0.300. The van der Waals surface area contributed by atoms with Gasteiger partial charge in [0.05, 0.1) is 12.4 Å². The Hall–Kier alpha value is -4.13. The van der Waals surface area contributed by atoms with E-state index in [1.165, 1.54) is 17.2 Å². The first-order valence-corrected chi connectivity index (χ1v) is 12.3. The lowest BCUT2D eigenvalue weighted by molar-refractivity contribution is -0.111. The molecule has 7 nitrogen and oxygen atoms in total. The molecule has 1 heterocycles. The minimum Gasteiger partial charge on any atom is -0.411 e. The zero-order valence-electron chi connectivity index (χ0n) is 22.2. The SMILES string of the molecule is CC(C=CC1=C(C)C(n2ccnc2)CCC1(C)C)=CC=CC(C)=CC(=O)Nc1ccc(OC(N)=O)cc1. The van der Waals surface area contributed by atoms with Crippen molar-refractivity contribution in [2.75, 3.05) is 5.32 Å². The number of anilines is 1. The molecule has 2 aromatic rings. The summed E-state index contributed by atoms with van der Waals surface area (Å²) in [7, 11) is 0. The molecule has 7 heteroatoms. The maximum absolute atomic E-state index is 12.3. The Kier molecular flexibility index (Phi) is 9.06. The Morgan fingerprint density at radius 2 is 1.89 bits per heavy atom. The van der Waals surface area contributed by atoms with Crippen molar-refractivity contribution >= 4 is 17.7 Å². The van der Waals surface area contributed by atoms with Gasteiger partial charge in [-0.2, -0.15) is 0 Å². The normalized spacial score (nSPS) is 18.5. The average molecular weight is 501 g/mol. The molecule has 1 aromatic carbocycles. The van der Waals surface area contributed by atoms with E-state index in [-0.39, 0.29) is 11.3 Å². The second-order valence-electron chi connectivity index (χ2n) is 9.97. The molecule has 1 aliphatic rings. The Labute approximate surface area is 219 Å². The van der Waals surface area contributed by atoms with Crippen LogP contribution in [0, 0.1) is 5.41 Å². The number of nitrogens with one attached hydrogen (secondary N) is 1. The predicted octanol–water partition coefficient (Wildman–Crippen LogP) is 6.66. The molecule has 0 radical (unpaired) electrons. The molecule has 1 aliphatic carbocycles. The van der Waals surface area contributed by atoms with E-state index in [1.807, 2.05) is 43.9 Å². The van der Waals surface area contributed by atoms with Crippen LogP contribution in [-0.4, -0.2) is 21.6 Å². The summed E-state index contributed by atoms with van der Waals surface area (Å²) in [4.78, 5) is 27.3. The highest BCUT2D eigenvalue weighted by molar-refractivity contribution is 6.00. The van der Waals surface area contributed by atoms with Crippen LogP contribution in [0.3, 0.4) is 0 Å². The van der Waals surface area contributed by atoms with Gasteiger partial charge >= 0.3 is 6.09 Å². The van der Waals surface area contributed by atoms with Crippen molar-refractivity contribution in [3.8, 4) is 5.75 Å². The third-order valence-corrected chi connectivity index (χ3v) is 6.51. The zero-order valence-corrected chi connectivity index (χ0v) is 22.2. The Morgan fingerprint density at radius 3 is 2.54 bits per heavy atom. The van der Waals surface area contributed by atoms with Crippen molar-refractivity contribution in [1.29, 1.82) is 0 Å². The summed E-state index contributed by atoms with van der Waals surface area (Å²) < 4.78 is 6.98. The van der Waals surface area contributed by atoms with Gasteiger partial charge in [0.2, 0.25) is 5.91 Å². The largest absolute Gasteiger partial charge is 0.411 e. The van der Waals surface area contributed by atoms with E-state index >= 15 is 0 Å². The van der Waals surface area contributed by atoms with E-state index in [0.717, 1.165) is 24.0 Å². The van der Waals surface area contributed by atoms with Crippen LogP contribution in [0.4, 0.5) is 10.5 Å². The second kappa shape index (κ2) is 12.2. The number of nitrogens with two attached hydrogens (primary N) is 1. The minimum absolute atomic E-state index is 0.121. The van der Waals surface area contributed by atoms with E-state index in [1.54, 1.807) is 24.3 Å². The number of ether oxygens (including phenoxy) is 1. The Morgan fingerprint density at radius 1 is 1.16 bits per heavy atom. The van der Waals surface area contributed by atoms with Crippen molar-refractivity contribution in [3.05, 3.63) is 102 Å². The molecule has 1 aromatic heterocycles. The molecule has 194 valence electrons. The lowest BCUT2D eigenvalue weighted by Gasteiger charge is -2.37. The van der Waals surface area contributed by atoms with Gasteiger partial charge in [0.15, 0.2) is 0 Å². The molecule has 3 rings (SSSR count). The van der Waals surface area contributed by atoms with E-state index in [2.05, 4.69) is 54.7 Å². The quantitative estimate of drug-likeness (QED) is 0.313. The number of aromatic nitrogens is 2. The van der Waals surface area contributed by atoms with Crippen LogP contribution < -0.4 is 15.8 Å². The van der Waals surface area contributed by atoms with Crippen molar-refractivity contribution in [3.63, 3.8) is 0 Å². The highest BCUT2D eigenvalue weighted by atomic mass is 16.5. The van der Waals surface area contributed by atoms with Gasteiger partial charge in [-0.25, -0.2) is 9.78 Å². The van der Waals surface area contributed by atoms with Crippen LogP contribution in [0.25, 0.3) is 0 Å². The van der Waals surface area contributed by atoms with E-state index in [0.29, 0.717) is 17.5 Å². The van der Waals surface area contributed by atoms with Crippen molar-refractivity contribution in [1.82, 2.24) is 9.55 Å². The first-order valence-electron chi connectivity index (χ1n) is 12.3. The fourth-order valence-electron chi connectivity index (χ4n) is 4.52. The molecule has 1 atom stereocenters. The fourth-order valence-corrected chi connectivity index (χ4v) is 4.52. The van der Waals surface area contributed by atoms with Gasteiger partial charge in [-0.3, -0.25) is 4.79 Å². The molecule has 2 amide bonds. The van der Waals surface area contributed by atoms with Crippen molar-refractivity contribution < 1.29 is 14.3 Å². The highest BCUT2D eigenvalue weighted by Crippen LogP contribution is 2.45. The van der Waals surface area contributed by atoms with E-state index in [9.17, 15) is 9.59 Å². The number of carbonyl (C=O) groups excluding carboxylic acids is 2. The molecule has 0 saturated carbocycles. The van der Waals surface area contributed by atoms with Crippen molar-refractivity contribution in [2.24, 2.45) is 11.1 Å². The molecule has 0 spiro atoms. The van der Waals surface area contributed by atoms with Gasteiger partial charge in [0.1, 0.15) is 5.75 Å². The summed E-state index contributed by atoms with van der Waals surface area (Å²) in [6.07, 6.45) is 18.9. The van der Waals surface area contributed by atoms with E-state index < -0.39 is 6.09 Å². The van der Waals surface area contributed by atoms with Crippen LogP contribution in [0.2, 0.25) is 0 Å². The van der Waals surface area contributed by atoms with Gasteiger partial charge < -0.3 is 20.4 Å². The summed E-state index contributed by atoms with van der Waals surface area (Å²) in [6, 6.07) is 6.73. The summed E-state index contributed by atoms with van der Waals surface area (Å²) >= 11 is 0. The average Bonchev–Trinajstić information content (AvgIpc) is 3.34. The molecule has 0 aliphatic heterocycles. The number of nitrogens with zero attached hydrogens (tertiary/aromatic N) is 2. The van der Waals surface area contributed by atoms with Crippen LogP contribution in [0.15, 0.2) is 102 Å². The monoisotopic (exact) mass is 500 g/mol. The molecule has 0 bridgehead atoms. The van der Waals surface area contributed by atoms with Gasteiger partial charge in [-0.1, -0.05) is 49.8 Å². The molecule has 1 unspecified atom stereocenters. The molecule has 3 N–H and O–H groups in total. The topological polar surface area (TPSA) is 99.2 Å². The molecule has 0 saturated heterocycles. The Bertz CT molecular complexity index is 1260. The van der Waals surface area contributed by atoms with Gasteiger partial charge in [0.25, 0.3) is 0 Å². The first-order chi connectivity index (χ1) is 17.5. The number of hydrogen-bond donors (Lipinski definition) is 2. The summed E-state index contributed by atoms with van der Waals surface area (Å²) in [5.41, 5.74) is 10.4. The lowest BCUT2D eigenvalue weighted by Crippen LogP contribution is -2.25. The molecule has 0 fully saturated rings. The number of primary amides is 1. The maximum atomic E-state index is 12.3. The number of hydrogen-bond acceptors (Lipinski definition) is 4. The number of rotatable bonds is 8. The third kappa shape index (κ3) is 7.93. The predicted molar refractivity (Wildman–Crippen MR) is 148 cm³/mol. The number of allylic oxidation sites excluding steroid dienone is 9. The number of benzene rings is 1. The van der Waals surface area contributed by atoms with Crippen molar-refractivity contribution in [2.45, 2.75) is 53.5 Å². The van der Waals surface area contributed by atoms with E-state index in [4.69, 9.17) is 10.5 Å². The van der Waals surface area contributed by atoms with Crippen LogP contribution in [-0.2, 0) is 4.79 Å². The summed E-state index contributed by atoms with van der Waals surface area (Å²) in [6.45, 7) is 10.8. The number of amides is 2. The summed E-state index contributed by atoms with van der Waals surface area (Å²) in [5.74, 6) is 0.0635. The molecular weight excluding hydrogens is 464 g/mol. The maximum Gasteiger partial charge on any atom is 0.409 e. The first kappa shape index (κ1) is 27.5. The minimum atomic E-state index is -0.883. The molecular formula is C30H36N4O3. The van der Waals surface area contributed by atoms with Gasteiger partial charge in [-0.05, 0) is 80.0 Å².